The zero-order valence-corrected chi connectivity index (χ0v) is 20.4. The Morgan fingerprint density at radius 1 is 1.08 bits per heavy atom. The Morgan fingerprint density at radius 3 is 2.33 bits per heavy atom. The number of nitrogens with one attached hydrogen (secondary N) is 2. The first-order chi connectivity index (χ1) is 16.9. The quantitative estimate of drug-likeness (QED) is 0.458. The number of amides is 2. The summed E-state index contributed by atoms with van der Waals surface area (Å²) >= 11 is 5.66. The second-order valence-corrected chi connectivity index (χ2v) is 10.2. The lowest BCUT2D eigenvalue weighted by atomic mass is 9.52. The topological polar surface area (TPSA) is 67.4 Å². The van der Waals surface area contributed by atoms with Gasteiger partial charge in [-0.3, -0.25) is 9.59 Å². The standard InChI is InChI=1S/C26H27ClF4N2O3/c1-16-13-24(33-22(34)15-36-19-6-7-20(27)21(28)12-19)8-10-25(16,11-9-24)23(35)32-14-17-2-4-18(5-3-17)26(29,30)31/h2-7,12,16H,8-11,13-15H2,1H3,(H,32,35)(H,33,34). The number of fused-ring (bicyclic) bond motifs is 3. The van der Waals surface area contributed by atoms with E-state index in [2.05, 4.69) is 10.6 Å². The van der Waals surface area contributed by atoms with Crippen molar-refractivity contribution >= 4 is 23.4 Å². The highest BCUT2D eigenvalue weighted by Crippen LogP contribution is 2.55. The van der Waals surface area contributed by atoms with Crippen molar-refractivity contribution in [3.8, 4) is 5.75 Å². The Hall–Kier alpha value is -2.81. The van der Waals surface area contributed by atoms with E-state index in [0.717, 1.165) is 18.2 Å². The van der Waals surface area contributed by atoms with Gasteiger partial charge >= 0.3 is 6.18 Å². The van der Waals surface area contributed by atoms with E-state index in [1.165, 1.54) is 24.3 Å². The molecule has 1 unspecified atom stereocenters. The Kier molecular flexibility index (Phi) is 7.23. The van der Waals surface area contributed by atoms with Crippen molar-refractivity contribution in [3.05, 3.63) is 64.4 Å². The van der Waals surface area contributed by atoms with Crippen LogP contribution in [0, 0.1) is 17.2 Å². The molecule has 2 aromatic rings. The highest BCUT2D eigenvalue weighted by atomic mass is 35.5. The van der Waals surface area contributed by atoms with Gasteiger partial charge in [0.05, 0.1) is 16.0 Å². The van der Waals surface area contributed by atoms with Gasteiger partial charge in [0.2, 0.25) is 5.91 Å². The minimum Gasteiger partial charge on any atom is -0.484 e. The van der Waals surface area contributed by atoms with Gasteiger partial charge in [0.1, 0.15) is 11.6 Å². The average Bonchev–Trinajstić information content (AvgIpc) is 2.83. The molecule has 36 heavy (non-hydrogen) atoms. The lowest BCUT2D eigenvalue weighted by Crippen LogP contribution is -2.63. The average molecular weight is 527 g/mol. The largest absolute Gasteiger partial charge is 0.484 e. The summed E-state index contributed by atoms with van der Waals surface area (Å²) in [5, 5.41) is 5.95. The molecular weight excluding hydrogens is 500 g/mol. The van der Waals surface area contributed by atoms with Gasteiger partial charge < -0.3 is 15.4 Å². The molecule has 2 amide bonds. The van der Waals surface area contributed by atoms with Gasteiger partial charge in [-0.2, -0.15) is 13.2 Å². The molecule has 0 spiro atoms. The molecule has 3 aliphatic rings. The van der Waals surface area contributed by atoms with E-state index >= 15 is 0 Å². The number of alkyl halides is 3. The second-order valence-electron chi connectivity index (χ2n) is 9.83. The van der Waals surface area contributed by atoms with E-state index in [4.69, 9.17) is 16.3 Å². The molecule has 3 fully saturated rings. The zero-order chi connectivity index (χ0) is 26.1. The molecular formula is C26H27ClF4N2O3. The van der Waals surface area contributed by atoms with Gasteiger partial charge in [-0.1, -0.05) is 30.7 Å². The molecule has 3 saturated carbocycles. The summed E-state index contributed by atoms with van der Waals surface area (Å²) in [4.78, 5) is 25.8. The van der Waals surface area contributed by atoms with Crippen molar-refractivity contribution in [1.29, 1.82) is 0 Å². The summed E-state index contributed by atoms with van der Waals surface area (Å²) < 4.78 is 57.2. The van der Waals surface area contributed by atoms with Gasteiger partial charge in [-0.25, -0.2) is 4.39 Å². The van der Waals surface area contributed by atoms with Crippen molar-refractivity contribution < 1.29 is 31.9 Å². The summed E-state index contributed by atoms with van der Waals surface area (Å²) in [5.41, 5.74) is -1.14. The van der Waals surface area contributed by atoms with Crippen molar-refractivity contribution in [1.82, 2.24) is 10.6 Å². The Labute approximate surface area is 211 Å². The molecule has 3 aliphatic carbocycles. The normalized spacial score (nSPS) is 25.3. The van der Waals surface area contributed by atoms with E-state index in [-0.39, 0.29) is 41.7 Å². The fraction of sp³-hybridized carbons (Fsp3) is 0.462. The van der Waals surface area contributed by atoms with E-state index in [0.29, 0.717) is 37.7 Å². The van der Waals surface area contributed by atoms with Crippen LogP contribution in [0.2, 0.25) is 5.02 Å². The van der Waals surface area contributed by atoms with Crippen LogP contribution in [0.25, 0.3) is 0 Å². The molecule has 0 radical (unpaired) electrons. The zero-order valence-electron chi connectivity index (χ0n) is 19.7. The fourth-order valence-electron chi connectivity index (χ4n) is 5.50. The predicted molar refractivity (Wildman–Crippen MR) is 126 cm³/mol. The van der Waals surface area contributed by atoms with Gasteiger partial charge in [0, 0.05) is 18.2 Å². The number of halogens is 5. The Morgan fingerprint density at radius 2 is 1.75 bits per heavy atom. The van der Waals surface area contributed by atoms with E-state index in [1.807, 2.05) is 6.92 Å². The second kappa shape index (κ2) is 9.92. The highest BCUT2D eigenvalue weighted by molar-refractivity contribution is 6.30. The third-order valence-corrected chi connectivity index (χ3v) is 7.90. The first kappa shape index (κ1) is 26.3. The fourth-order valence-corrected chi connectivity index (χ4v) is 5.61. The number of carbonyl (C=O) groups is 2. The van der Waals surface area contributed by atoms with Crippen molar-refractivity contribution in [2.45, 2.75) is 57.3 Å². The molecule has 2 N–H and O–H groups in total. The van der Waals surface area contributed by atoms with Gasteiger partial charge in [0.15, 0.2) is 6.61 Å². The molecule has 0 aromatic heterocycles. The van der Waals surface area contributed by atoms with Crippen LogP contribution in [0.4, 0.5) is 17.6 Å². The molecule has 2 bridgehead atoms. The van der Waals surface area contributed by atoms with E-state index < -0.39 is 28.5 Å². The van der Waals surface area contributed by atoms with Crippen molar-refractivity contribution in [2.24, 2.45) is 11.3 Å². The summed E-state index contributed by atoms with van der Waals surface area (Å²) in [6, 6.07) is 8.71. The Bertz CT molecular complexity index is 1130. The smallest absolute Gasteiger partial charge is 0.416 e. The molecule has 10 heteroatoms. The summed E-state index contributed by atoms with van der Waals surface area (Å²) in [7, 11) is 0. The number of benzene rings is 2. The number of rotatable bonds is 7. The maximum atomic E-state index is 13.6. The molecule has 1 atom stereocenters. The SMILES string of the molecule is CC1CC2(NC(=O)COc3ccc(Cl)c(F)c3)CCC1(C(=O)NCc1ccc(C(F)(F)F)cc1)CC2. The van der Waals surface area contributed by atoms with Crippen LogP contribution in [-0.2, 0) is 22.3 Å². The molecule has 5 rings (SSSR count). The van der Waals surface area contributed by atoms with Crippen LogP contribution in [0.15, 0.2) is 42.5 Å². The van der Waals surface area contributed by atoms with Crippen LogP contribution in [0.3, 0.4) is 0 Å². The van der Waals surface area contributed by atoms with Gasteiger partial charge in [-0.15, -0.1) is 0 Å². The molecule has 0 saturated heterocycles. The number of ether oxygens (including phenoxy) is 1. The minimum absolute atomic E-state index is 0.000755. The van der Waals surface area contributed by atoms with Crippen molar-refractivity contribution in [3.63, 3.8) is 0 Å². The minimum atomic E-state index is -4.40. The van der Waals surface area contributed by atoms with E-state index in [1.54, 1.807) is 0 Å². The molecule has 0 aliphatic heterocycles. The van der Waals surface area contributed by atoms with Crippen LogP contribution >= 0.6 is 11.6 Å². The molecule has 5 nitrogen and oxygen atoms in total. The Balaban J connectivity index is 1.30. The van der Waals surface area contributed by atoms with Crippen LogP contribution in [0.1, 0.15) is 50.2 Å². The number of carbonyl (C=O) groups excluding carboxylic acids is 2. The van der Waals surface area contributed by atoms with Gasteiger partial charge in [0.25, 0.3) is 5.91 Å². The maximum absolute atomic E-state index is 13.6. The van der Waals surface area contributed by atoms with Crippen LogP contribution in [-0.4, -0.2) is 24.0 Å². The predicted octanol–water partition coefficient (Wildman–Crippen LogP) is 5.65. The molecule has 0 heterocycles. The monoisotopic (exact) mass is 526 g/mol. The third-order valence-electron chi connectivity index (χ3n) is 7.59. The maximum Gasteiger partial charge on any atom is 0.416 e. The van der Waals surface area contributed by atoms with E-state index in [9.17, 15) is 27.2 Å². The van der Waals surface area contributed by atoms with Crippen LogP contribution < -0.4 is 15.4 Å². The van der Waals surface area contributed by atoms with Crippen molar-refractivity contribution in [2.75, 3.05) is 6.61 Å². The molecule has 2 aromatic carbocycles. The summed E-state index contributed by atoms with van der Waals surface area (Å²) in [6.07, 6.45) is -1.32. The first-order valence-electron chi connectivity index (χ1n) is 11.8. The van der Waals surface area contributed by atoms with Gasteiger partial charge in [-0.05, 0) is 67.9 Å². The lowest BCUT2D eigenvalue weighted by Gasteiger charge is -2.56. The first-order valence-corrected chi connectivity index (χ1v) is 12.1. The number of hydrogen-bond donors (Lipinski definition) is 2. The van der Waals surface area contributed by atoms with Crippen LogP contribution in [0.5, 0.6) is 5.75 Å². The summed E-state index contributed by atoms with van der Waals surface area (Å²) in [6.45, 7) is 1.87. The number of hydrogen-bond acceptors (Lipinski definition) is 3. The summed E-state index contributed by atoms with van der Waals surface area (Å²) in [5.74, 6) is -0.857. The molecule has 194 valence electrons. The lowest BCUT2D eigenvalue weighted by molar-refractivity contribution is -0.146. The third kappa shape index (κ3) is 5.45. The highest BCUT2D eigenvalue weighted by Gasteiger charge is 2.56.